The molecular weight excluding hydrogens is 386 g/mol. The van der Waals surface area contributed by atoms with E-state index in [9.17, 15) is 4.79 Å². The summed E-state index contributed by atoms with van der Waals surface area (Å²) >= 11 is 5.91. The minimum absolute atomic E-state index is 0.190. The third-order valence-corrected chi connectivity index (χ3v) is 5.42. The van der Waals surface area contributed by atoms with Crippen LogP contribution in [0.25, 0.3) is 17.0 Å². The molecule has 29 heavy (non-hydrogen) atoms. The lowest BCUT2D eigenvalue weighted by molar-refractivity contribution is 0.0927. The Balaban J connectivity index is 1.47. The molecule has 2 aromatic carbocycles. The molecule has 0 unspecified atom stereocenters. The van der Waals surface area contributed by atoms with Gasteiger partial charge < -0.3 is 14.5 Å². The summed E-state index contributed by atoms with van der Waals surface area (Å²) in [5.41, 5.74) is 3.35. The lowest BCUT2D eigenvalue weighted by atomic mass is 9.98. The van der Waals surface area contributed by atoms with Crippen molar-refractivity contribution < 1.29 is 13.9 Å². The molecule has 0 radical (unpaired) electrons. The van der Waals surface area contributed by atoms with Crippen LogP contribution in [0.5, 0.6) is 5.75 Å². The predicted octanol–water partition coefficient (Wildman–Crippen LogP) is 5.94. The standard InChI is InChI=1S/C24H24ClNO3/c1-15-21-18-12-13-24(2,3)29-19(18)10-11-20(21)28-22(15)23(27)26-14-4-5-16-6-8-17(25)9-7-16/h6-13H,4-5,14H2,1-3H3,(H,26,27). The number of fused-ring (bicyclic) bond motifs is 3. The Morgan fingerprint density at radius 1 is 1.14 bits per heavy atom. The fraction of sp³-hybridized carbons (Fsp3) is 0.292. The topological polar surface area (TPSA) is 51.5 Å². The molecule has 0 saturated heterocycles. The zero-order valence-electron chi connectivity index (χ0n) is 16.8. The average molecular weight is 410 g/mol. The number of halogens is 1. The molecule has 0 aliphatic carbocycles. The van der Waals surface area contributed by atoms with Crippen LogP contribution in [0.1, 0.15) is 47.5 Å². The van der Waals surface area contributed by atoms with E-state index in [-0.39, 0.29) is 11.5 Å². The number of nitrogens with one attached hydrogen (secondary N) is 1. The van der Waals surface area contributed by atoms with Crippen LogP contribution in [0, 0.1) is 6.92 Å². The van der Waals surface area contributed by atoms with Gasteiger partial charge in [-0.25, -0.2) is 0 Å². The maximum absolute atomic E-state index is 12.7. The van der Waals surface area contributed by atoms with Gasteiger partial charge >= 0.3 is 0 Å². The minimum atomic E-state index is -0.345. The first-order chi connectivity index (χ1) is 13.8. The van der Waals surface area contributed by atoms with E-state index in [1.807, 2.05) is 63.2 Å². The van der Waals surface area contributed by atoms with Crippen molar-refractivity contribution in [3.63, 3.8) is 0 Å². The molecule has 0 saturated carbocycles. The normalized spacial score (nSPS) is 14.5. The summed E-state index contributed by atoms with van der Waals surface area (Å²) in [4.78, 5) is 12.7. The van der Waals surface area contributed by atoms with Crippen molar-refractivity contribution in [2.24, 2.45) is 0 Å². The smallest absolute Gasteiger partial charge is 0.287 e. The maximum Gasteiger partial charge on any atom is 0.287 e. The number of benzene rings is 2. The third-order valence-electron chi connectivity index (χ3n) is 5.17. The van der Waals surface area contributed by atoms with Crippen molar-refractivity contribution >= 4 is 34.6 Å². The van der Waals surface area contributed by atoms with Gasteiger partial charge in [0.1, 0.15) is 16.9 Å². The largest absolute Gasteiger partial charge is 0.483 e. The van der Waals surface area contributed by atoms with Gasteiger partial charge in [0, 0.05) is 28.1 Å². The summed E-state index contributed by atoms with van der Waals surface area (Å²) in [6.45, 7) is 6.53. The zero-order chi connectivity index (χ0) is 20.6. The Morgan fingerprint density at radius 2 is 1.90 bits per heavy atom. The van der Waals surface area contributed by atoms with Gasteiger partial charge in [0.15, 0.2) is 5.76 Å². The fourth-order valence-electron chi connectivity index (χ4n) is 3.65. The molecule has 3 aromatic rings. The Labute approximate surface area is 175 Å². The molecule has 0 bridgehead atoms. The molecule has 150 valence electrons. The van der Waals surface area contributed by atoms with Crippen molar-refractivity contribution in [2.75, 3.05) is 6.54 Å². The van der Waals surface area contributed by atoms with Gasteiger partial charge in [-0.1, -0.05) is 29.8 Å². The van der Waals surface area contributed by atoms with Crippen LogP contribution in [0.3, 0.4) is 0 Å². The van der Waals surface area contributed by atoms with Crippen LogP contribution in [0.2, 0.25) is 5.02 Å². The summed E-state index contributed by atoms with van der Waals surface area (Å²) in [6.07, 6.45) is 5.80. The van der Waals surface area contributed by atoms with Crippen LogP contribution < -0.4 is 10.1 Å². The monoisotopic (exact) mass is 409 g/mol. The zero-order valence-corrected chi connectivity index (χ0v) is 17.6. The molecule has 1 aliphatic rings. The van der Waals surface area contributed by atoms with Gasteiger partial charge in [0.2, 0.25) is 0 Å². The number of ether oxygens (including phenoxy) is 1. The number of hydrogen-bond acceptors (Lipinski definition) is 3. The molecule has 0 atom stereocenters. The number of carbonyl (C=O) groups is 1. The SMILES string of the molecule is Cc1c(C(=O)NCCCc2ccc(Cl)cc2)oc2ccc3c(c12)C=CC(C)(C)O3. The molecule has 1 aromatic heterocycles. The van der Waals surface area contributed by atoms with Gasteiger partial charge in [-0.15, -0.1) is 0 Å². The van der Waals surface area contributed by atoms with E-state index in [1.165, 1.54) is 5.56 Å². The second-order valence-electron chi connectivity index (χ2n) is 7.93. The number of hydrogen-bond donors (Lipinski definition) is 1. The second-order valence-corrected chi connectivity index (χ2v) is 8.37. The van der Waals surface area contributed by atoms with Crippen molar-refractivity contribution in [1.29, 1.82) is 0 Å². The van der Waals surface area contributed by atoms with Gasteiger partial charge in [0.05, 0.1) is 0 Å². The molecule has 2 heterocycles. The Kier molecular flexibility index (Phi) is 5.13. The quantitative estimate of drug-likeness (QED) is 0.530. The molecule has 4 rings (SSSR count). The van der Waals surface area contributed by atoms with Crippen LogP contribution in [-0.4, -0.2) is 18.1 Å². The first-order valence-corrected chi connectivity index (χ1v) is 10.2. The highest BCUT2D eigenvalue weighted by Gasteiger charge is 2.26. The van der Waals surface area contributed by atoms with Crippen LogP contribution in [-0.2, 0) is 6.42 Å². The number of aryl methyl sites for hydroxylation is 2. The molecule has 1 N–H and O–H groups in total. The summed E-state index contributed by atoms with van der Waals surface area (Å²) in [6, 6.07) is 11.6. The van der Waals surface area contributed by atoms with Gasteiger partial charge in [-0.05, 0) is 69.5 Å². The second kappa shape index (κ2) is 7.60. The summed E-state index contributed by atoms with van der Waals surface area (Å²) in [7, 11) is 0. The molecule has 1 aliphatic heterocycles. The van der Waals surface area contributed by atoms with Crippen LogP contribution in [0.4, 0.5) is 0 Å². The Hall–Kier alpha value is -2.72. The molecule has 0 spiro atoms. The number of furan rings is 1. The van der Waals surface area contributed by atoms with Crippen molar-refractivity contribution in [2.45, 2.75) is 39.2 Å². The van der Waals surface area contributed by atoms with Gasteiger partial charge in [-0.3, -0.25) is 4.79 Å². The summed E-state index contributed by atoms with van der Waals surface area (Å²) in [5.74, 6) is 0.978. The maximum atomic E-state index is 12.7. The molecule has 1 amide bonds. The predicted molar refractivity (Wildman–Crippen MR) is 117 cm³/mol. The van der Waals surface area contributed by atoms with E-state index in [4.69, 9.17) is 20.8 Å². The van der Waals surface area contributed by atoms with E-state index < -0.39 is 0 Å². The summed E-state index contributed by atoms with van der Waals surface area (Å²) < 4.78 is 11.9. The highest BCUT2D eigenvalue weighted by molar-refractivity contribution is 6.30. The Bertz CT molecular complexity index is 1090. The highest BCUT2D eigenvalue weighted by Crippen LogP contribution is 2.39. The lowest BCUT2D eigenvalue weighted by Crippen LogP contribution is -2.27. The van der Waals surface area contributed by atoms with E-state index in [1.54, 1.807) is 0 Å². The Morgan fingerprint density at radius 3 is 2.66 bits per heavy atom. The van der Waals surface area contributed by atoms with Crippen LogP contribution >= 0.6 is 11.6 Å². The number of rotatable bonds is 5. The minimum Gasteiger partial charge on any atom is -0.483 e. The fourth-order valence-corrected chi connectivity index (χ4v) is 3.78. The highest BCUT2D eigenvalue weighted by atomic mass is 35.5. The molecular formula is C24H24ClNO3. The van der Waals surface area contributed by atoms with Crippen molar-refractivity contribution in [1.82, 2.24) is 5.32 Å². The molecule has 5 heteroatoms. The van der Waals surface area contributed by atoms with E-state index in [0.29, 0.717) is 17.9 Å². The van der Waals surface area contributed by atoms with Crippen LogP contribution in [0.15, 0.2) is 46.9 Å². The van der Waals surface area contributed by atoms with Gasteiger partial charge in [0.25, 0.3) is 5.91 Å². The average Bonchev–Trinajstić information content (AvgIpc) is 3.02. The van der Waals surface area contributed by atoms with E-state index >= 15 is 0 Å². The van der Waals surface area contributed by atoms with E-state index in [2.05, 4.69) is 11.4 Å². The van der Waals surface area contributed by atoms with Gasteiger partial charge in [-0.2, -0.15) is 0 Å². The van der Waals surface area contributed by atoms with Crippen molar-refractivity contribution in [3.05, 3.63) is 69.9 Å². The first kappa shape index (κ1) is 19.6. The van der Waals surface area contributed by atoms with Crippen molar-refractivity contribution in [3.8, 4) is 5.75 Å². The third kappa shape index (κ3) is 4.03. The lowest BCUT2D eigenvalue weighted by Gasteiger charge is -2.28. The molecule has 4 nitrogen and oxygen atoms in total. The number of amides is 1. The van der Waals surface area contributed by atoms with E-state index in [0.717, 1.165) is 40.1 Å². The number of carbonyl (C=O) groups excluding carboxylic acids is 1. The first-order valence-electron chi connectivity index (χ1n) is 9.81. The summed E-state index contributed by atoms with van der Waals surface area (Å²) in [5, 5.41) is 4.63. The molecule has 0 fully saturated rings.